The first-order chi connectivity index (χ1) is 7.16. The predicted octanol–water partition coefficient (Wildman–Crippen LogP) is 0.573. The van der Waals surface area contributed by atoms with Crippen LogP contribution in [0.4, 0.5) is 15.9 Å². The lowest BCUT2D eigenvalue weighted by Crippen LogP contribution is -2.44. The van der Waals surface area contributed by atoms with Gasteiger partial charge in [0.25, 0.3) is 0 Å². The highest BCUT2D eigenvalue weighted by Gasteiger charge is 2.27. The van der Waals surface area contributed by atoms with Gasteiger partial charge in [0, 0.05) is 6.54 Å². The van der Waals surface area contributed by atoms with Crippen LogP contribution in [0.1, 0.15) is 6.42 Å². The zero-order valence-corrected chi connectivity index (χ0v) is 8.31. The molecule has 0 unspecified atom stereocenters. The molecule has 1 aliphatic rings. The first-order valence-corrected chi connectivity index (χ1v) is 4.95. The molecule has 3 N–H and O–H groups in total. The lowest BCUT2D eigenvalue weighted by atomic mass is 10.1. The number of pyridine rings is 1. The molecule has 1 aromatic heterocycles. The Morgan fingerprint density at radius 2 is 2.33 bits per heavy atom. The largest absolute Gasteiger partial charge is 0.390 e. The molecule has 1 aliphatic heterocycles. The summed E-state index contributed by atoms with van der Waals surface area (Å²) in [7, 11) is 0. The van der Waals surface area contributed by atoms with Crippen LogP contribution >= 0.6 is 0 Å². The molecule has 1 saturated heterocycles. The highest BCUT2D eigenvalue weighted by atomic mass is 19.1. The van der Waals surface area contributed by atoms with Crippen molar-refractivity contribution in [3.05, 3.63) is 18.3 Å². The number of aliphatic hydroxyl groups excluding tert-OH is 1. The Morgan fingerprint density at radius 3 is 2.93 bits per heavy atom. The third kappa shape index (κ3) is 2.18. The minimum atomic E-state index is -1.18. The molecule has 0 saturated carbocycles. The van der Waals surface area contributed by atoms with E-state index in [1.165, 1.54) is 0 Å². The summed E-state index contributed by atoms with van der Waals surface area (Å²) in [5.41, 5.74) is 6.31. The summed E-state index contributed by atoms with van der Waals surface area (Å²) in [5.74, 6) is 0.451. The van der Waals surface area contributed by atoms with Crippen molar-refractivity contribution < 1.29 is 9.50 Å². The van der Waals surface area contributed by atoms with Gasteiger partial charge in [-0.15, -0.1) is 0 Å². The van der Waals surface area contributed by atoms with Gasteiger partial charge in [0.05, 0.1) is 24.5 Å². The lowest BCUT2D eigenvalue weighted by Gasteiger charge is -2.33. The summed E-state index contributed by atoms with van der Waals surface area (Å²) < 4.78 is 13.3. The Bertz CT molecular complexity index is 330. The van der Waals surface area contributed by atoms with Crippen LogP contribution in [-0.4, -0.2) is 35.5 Å². The van der Waals surface area contributed by atoms with E-state index in [1.807, 2.05) is 11.0 Å². The zero-order chi connectivity index (χ0) is 10.8. The second kappa shape index (κ2) is 4.02. The molecule has 2 heterocycles. The number of alkyl halides is 1. The fourth-order valence-electron chi connectivity index (χ4n) is 1.71. The maximum atomic E-state index is 13.3. The van der Waals surface area contributed by atoms with Gasteiger partial charge in [0.15, 0.2) is 0 Å². The van der Waals surface area contributed by atoms with Crippen molar-refractivity contribution >= 4 is 11.5 Å². The number of rotatable bonds is 1. The van der Waals surface area contributed by atoms with Crippen molar-refractivity contribution in [1.29, 1.82) is 0 Å². The van der Waals surface area contributed by atoms with E-state index in [0.29, 0.717) is 18.8 Å². The number of piperidine rings is 1. The van der Waals surface area contributed by atoms with Gasteiger partial charge in [0.1, 0.15) is 12.0 Å². The van der Waals surface area contributed by atoms with E-state index < -0.39 is 12.3 Å². The van der Waals surface area contributed by atoms with Crippen LogP contribution in [0.5, 0.6) is 0 Å². The Hall–Kier alpha value is -1.36. The highest BCUT2D eigenvalue weighted by Crippen LogP contribution is 2.21. The number of hydrogen-bond donors (Lipinski definition) is 2. The number of nitrogen functional groups attached to an aromatic ring is 1. The first kappa shape index (κ1) is 10.2. The molecule has 2 atom stereocenters. The van der Waals surface area contributed by atoms with Crippen LogP contribution in [0.3, 0.4) is 0 Å². The topological polar surface area (TPSA) is 62.4 Å². The number of halogens is 1. The number of nitrogens with two attached hydrogens (primary N) is 1. The van der Waals surface area contributed by atoms with Gasteiger partial charge in [-0.25, -0.2) is 9.37 Å². The van der Waals surface area contributed by atoms with E-state index in [0.717, 1.165) is 5.69 Å². The van der Waals surface area contributed by atoms with Crippen molar-refractivity contribution in [2.75, 3.05) is 23.7 Å². The maximum Gasteiger partial charge on any atom is 0.143 e. The third-order valence-corrected chi connectivity index (χ3v) is 2.64. The summed E-state index contributed by atoms with van der Waals surface area (Å²) in [5, 5.41) is 9.25. The minimum Gasteiger partial charge on any atom is -0.390 e. The number of anilines is 2. The normalized spacial score (nSPS) is 26.7. The minimum absolute atomic E-state index is 0.215. The summed E-state index contributed by atoms with van der Waals surface area (Å²) in [4.78, 5) is 5.81. The Balaban J connectivity index is 2.08. The van der Waals surface area contributed by atoms with E-state index in [-0.39, 0.29) is 6.54 Å². The molecule has 1 aromatic rings. The molecule has 0 spiro atoms. The first-order valence-electron chi connectivity index (χ1n) is 4.95. The fraction of sp³-hybridized carbons (Fsp3) is 0.500. The second-order valence-electron chi connectivity index (χ2n) is 3.76. The second-order valence-corrected chi connectivity index (χ2v) is 3.76. The molecule has 0 radical (unpaired) electrons. The van der Waals surface area contributed by atoms with Crippen LogP contribution < -0.4 is 10.6 Å². The van der Waals surface area contributed by atoms with Crippen LogP contribution in [-0.2, 0) is 0 Å². The van der Waals surface area contributed by atoms with Gasteiger partial charge in [0.2, 0.25) is 0 Å². The van der Waals surface area contributed by atoms with Crippen molar-refractivity contribution in [3.63, 3.8) is 0 Å². The van der Waals surface area contributed by atoms with Crippen molar-refractivity contribution in [2.24, 2.45) is 0 Å². The van der Waals surface area contributed by atoms with E-state index >= 15 is 0 Å². The van der Waals surface area contributed by atoms with Gasteiger partial charge < -0.3 is 15.7 Å². The van der Waals surface area contributed by atoms with Crippen LogP contribution in [0.25, 0.3) is 0 Å². The van der Waals surface area contributed by atoms with E-state index in [9.17, 15) is 9.50 Å². The summed E-state index contributed by atoms with van der Waals surface area (Å²) >= 11 is 0. The van der Waals surface area contributed by atoms with Crippen molar-refractivity contribution in [1.82, 2.24) is 4.98 Å². The smallest absolute Gasteiger partial charge is 0.143 e. The molecule has 0 amide bonds. The average Bonchev–Trinajstić information content (AvgIpc) is 2.23. The van der Waals surface area contributed by atoms with Gasteiger partial charge in [-0.3, -0.25) is 0 Å². The number of nitrogens with zero attached hydrogens (tertiary/aromatic N) is 2. The lowest BCUT2D eigenvalue weighted by molar-refractivity contribution is 0.0615. The standard InChI is InChI=1S/C10H14FN3O/c11-8-6-14(4-3-9(8)15)7-1-2-10(12)13-5-7/h1-2,5,8-9,15H,3-4,6H2,(H2,12,13)/t8-,9-/m0/s1. The van der Waals surface area contributed by atoms with Crippen LogP contribution in [0.2, 0.25) is 0 Å². The summed E-state index contributed by atoms with van der Waals surface area (Å²) in [6.07, 6.45) is 0.0602. The molecule has 0 aromatic carbocycles. The summed E-state index contributed by atoms with van der Waals surface area (Å²) in [6, 6.07) is 3.50. The Morgan fingerprint density at radius 1 is 1.53 bits per heavy atom. The highest BCUT2D eigenvalue weighted by molar-refractivity contribution is 5.48. The third-order valence-electron chi connectivity index (χ3n) is 2.64. The molecule has 2 rings (SSSR count). The number of aliphatic hydroxyl groups is 1. The van der Waals surface area contributed by atoms with Gasteiger partial charge >= 0.3 is 0 Å². The SMILES string of the molecule is Nc1ccc(N2CC[C@H](O)[C@@H](F)C2)cn1. The molecule has 4 nitrogen and oxygen atoms in total. The molecule has 0 bridgehead atoms. The van der Waals surface area contributed by atoms with Crippen molar-refractivity contribution in [2.45, 2.75) is 18.7 Å². The van der Waals surface area contributed by atoms with Crippen LogP contribution in [0, 0.1) is 0 Å². The molecule has 15 heavy (non-hydrogen) atoms. The molecule has 0 aliphatic carbocycles. The Kier molecular flexibility index (Phi) is 2.73. The number of aromatic nitrogens is 1. The maximum absolute atomic E-state index is 13.3. The fourth-order valence-corrected chi connectivity index (χ4v) is 1.71. The molecule has 1 fully saturated rings. The van der Waals surface area contributed by atoms with Gasteiger partial charge in [-0.2, -0.15) is 0 Å². The van der Waals surface area contributed by atoms with Gasteiger partial charge in [-0.05, 0) is 18.6 Å². The van der Waals surface area contributed by atoms with E-state index in [4.69, 9.17) is 5.73 Å². The van der Waals surface area contributed by atoms with Crippen molar-refractivity contribution in [3.8, 4) is 0 Å². The Labute approximate surface area is 87.5 Å². The summed E-state index contributed by atoms with van der Waals surface area (Å²) in [6.45, 7) is 0.861. The molecular weight excluding hydrogens is 197 g/mol. The van der Waals surface area contributed by atoms with E-state index in [1.54, 1.807) is 12.3 Å². The van der Waals surface area contributed by atoms with Crippen LogP contribution in [0.15, 0.2) is 18.3 Å². The van der Waals surface area contributed by atoms with Gasteiger partial charge in [-0.1, -0.05) is 0 Å². The number of hydrogen-bond acceptors (Lipinski definition) is 4. The molecule has 5 heteroatoms. The quantitative estimate of drug-likeness (QED) is 0.713. The molecule has 82 valence electrons. The monoisotopic (exact) mass is 211 g/mol. The zero-order valence-electron chi connectivity index (χ0n) is 8.31. The predicted molar refractivity (Wildman–Crippen MR) is 56.4 cm³/mol. The van der Waals surface area contributed by atoms with E-state index in [2.05, 4.69) is 4.98 Å². The molecular formula is C10H14FN3O. The average molecular weight is 211 g/mol.